The molecule has 0 atom stereocenters. The van der Waals surface area contributed by atoms with Gasteiger partial charge in [-0.25, -0.2) is 4.98 Å². The van der Waals surface area contributed by atoms with Gasteiger partial charge in [-0.2, -0.15) is 0 Å². The van der Waals surface area contributed by atoms with E-state index in [1.165, 1.54) is 11.3 Å². The van der Waals surface area contributed by atoms with Crippen molar-refractivity contribution >= 4 is 44.8 Å². The Morgan fingerprint density at radius 2 is 2.08 bits per heavy atom. The van der Waals surface area contributed by atoms with Crippen LogP contribution in [0.3, 0.4) is 0 Å². The first-order valence-electron chi connectivity index (χ1n) is 7.37. The number of furan rings is 1. The molecule has 0 fully saturated rings. The Balaban J connectivity index is 1.64. The van der Waals surface area contributed by atoms with Gasteiger partial charge in [-0.05, 0) is 53.2 Å². The van der Waals surface area contributed by atoms with Crippen molar-refractivity contribution in [3.8, 4) is 0 Å². The van der Waals surface area contributed by atoms with Crippen LogP contribution in [0.2, 0.25) is 0 Å². The second kappa shape index (κ2) is 7.62. The molecule has 25 heavy (non-hydrogen) atoms. The number of nitrogens with one attached hydrogen (secondary N) is 2. The van der Waals surface area contributed by atoms with E-state index >= 15 is 0 Å². The maximum Gasteiger partial charge on any atom is 0.291 e. The Bertz CT molecular complexity index is 919. The number of hydrogen-bond acceptors (Lipinski definition) is 5. The third-order valence-corrected chi connectivity index (χ3v) is 4.52. The van der Waals surface area contributed by atoms with Crippen molar-refractivity contribution in [3.63, 3.8) is 0 Å². The Kier molecular flexibility index (Phi) is 5.30. The second-order valence-electron chi connectivity index (χ2n) is 5.18. The Labute approximate surface area is 156 Å². The average molecular weight is 420 g/mol. The van der Waals surface area contributed by atoms with E-state index in [1.54, 1.807) is 36.4 Å². The number of nitrogens with zero attached hydrogens (tertiary/aromatic N) is 1. The van der Waals surface area contributed by atoms with Crippen LogP contribution in [0.5, 0.6) is 0 Å². The molecule has 8 heteroatoms. The highest BCUT2D eigenvalue weighted by Crippen LogP contribution is 2.17. The number of anilines is 1. The topological polar surface area (TPSA) is 84.2 Å². The number of thiazole rings is 1. The summed E-state index contributed by atoms with van der Waals surface area (Å²) >= 11 is 4.69. The number of rotatable bonds is 5. The minimum absolute atomic E-state index is 0.181. The van der Waals surface area contributed by atoms with Crippen molar-refractivity contribution in [3.05, 3.63) is 68.5 Å². The van der Waals surface area contributed by atoms with Crippen molar-refractivity contribution in [1.82, 2.24) is 10.3 Å². The summed E-state index contributed by atoms with van der Waals surface area (Å²) in [6, 6.07) is 9.90. The molecule has 3 rings (SSSR count). The summed E-state index contributed by atoms with van der Waals surface area (Å²) in [4.78, 5) is 28.7. The van der Waals surface area contributed by atoms with Crippen LogP contribution in [0, 0.1) is 6.92 Å². The van der Waals surface area contributed by atoms with Gasteiger partial charge in [0.2, 0.25) is 0 Å². The summed E-state index contributed by atoms with van der Waals surface area (Å²) in [7, 11) is 0. The predicted molar refractivity (Wildman–Crippen MR) is 98.8 cm³/mol. The van der Waals surface area contributed by atoms with Crippen LogP contribution in [0.15, 0.2) is 50.9 Å². The van der Waals surface area contributed by atoms with Crippen molar-refractivity contribution in [2.45, 2.75) is 13.5 Å². The number of aryl methyl sites for hydroxylation is 1. The lowest BCUT2D eigenvalue weighted by Crippen LogP contribution is -2.23. The smallest absolute Gasteiger partial charge is 0.291 e. The number of benzene rings is 1. The molecule has 0 bridgehead atoms. The van der Waals surface area contributed by atoms with E-state index < -0.39 is 0 Å². The molecule has 0 saturated heterocycles. The molecule has 0 unspecified atom stereocenters. The molecule has 0 aliphatic carbocycles. The molecular weight excluding hydrogens is 406 g/mol. The van der Waals surface area contributed by atoms with Gasteiger partial charge in [-0.3, -0.25) is 9.59 Å². The fraction of sp³-hybridized carbons (Fsp3) is 0.118. The zero-order valence-electron chi connectivity index (χ0n) is 13.2. The Morgan fingerprint density at radius 3 is 2.76 bits per heavy atom. The largest absolute Gasteiger partial charge is 0.444 e. The molecule has 0 aliphatic rings. The number of amides is 2. The van der Waals surface area contributed by atoms with Gasteiger partial charge in [0.15, 0.2) is 10.4 Å². The third-order valence-electron chi connectivity index (χ3n) is 3.28. The summed E-state index contributed by atoms with van der Waals surface area (Å²) in [5.74, 6) is -0.440. The number of halogens is 1. The predicted octanol–water partition coefficient (Wildman–Crippen LogP) is 3.99. The highest BCUT2D eigenvalue weighted by atomic mass is 79.9. The highest BCUT2D eigenvalue weighted by Gasteiger charge is 2.12. The molecule has 2 aromatic heterocycles. The number of carbonyl (C=O) groups is 2. The molecule has 0 spiro atoms. The second-order valence-corrected chi connectivity index (χ2v) is 7.02. The minimum atomic E-state index is -0.388. The normalized spacial score (nSPS) is 10.5. The molecular formula is C17H14BrN3O3S. The first-order valence-corrected chi connectivity index (χ1v) is 9.04. The number of hydrogen-bond donors (Lipinski definition) is 2. The zero-order chi connectivity index (χ0) is 17.8. The summed E-state index contributed by atoms with van der Waals surface area (Å²) in [5.41, 5.74) is 1.78. The van der Waals surface area contributed by atoms with Gasteiger partial charge in [0.25, 0.3) is 11.8 Å². The Morgan fingerprint density at radius 1 is 1.24 bits per heavy atom. The molecule has 2 N–H and O–H groups in total. The molecule has 0 radical (unpaired) electrons. The van der Waals surface area contributed by atoms with E-state index in [9.17, 15) is 9.59 Å². The molecule has 0 saturated carbocycles. The Hall–Kier alpha value is -2.45. The van der Waals surface area contributed by atoms with Gasteiger partial charge in [0.1, 0.15) is 0 Å². The minimum Gasteiger partial charge on any atom is -0.444 e. The van der Waals surface area contributed by atoms with Crippen LogP contribution in [0.25, 0.3) is 0 Å². The average Bonchev–Trinajstić information content (AvgIpc) is 3.21. The van der Waals surface area contributed by atoms with Gasteiger partial charge >= 0.3 is 0 Å². The van der Waals surface area contributed by atoms with E-state index in [2.05, 4.69) is 31.5 Å². The summed E-state index contributed by atoms with van der Waals surface area (Å²) in [6.45, 7) is 2.28. The number of carbonyl (C=O) groups excluding carboxylic acids is 2. The van der Waals surface area contributed by atoms with Gasteiger partial charge in [-0.15, -0.1) is 11.3 Å². The van der Waals surface area contributed by atoms with E-state index in [4.69, 9.17) is 4.42 Å². The van der Waals surface area contributed by atoms with Crippen LogP contribution >= 0.6 is 27.3 Å². The zero-order valence-corrected chi connectivity index (χ0v) is 15.6. The number of aromatic nitrogens is 1. The lowest BCUT2D eigenvalue weighted by Gasteiger charge is -2.07. The summed E-state index contributed by atoms with van der Waals surface area (Å²) < 4.78 is 5.68. The maximum absolute atomic E-state index is 12.3. The molecule has 0 aliphatic heterocycles. The van der Waals surface area contributed by atoms with E-state index in [1.807, 2.05) is 12.3 Å². The van der Waals surface area contributed by atoms with Crippen LogP contribution in [-0.4, -0.2) is 16.8 Å². The third kappa shape index (κ3) is 4.55. The van der Waals surface area contributed by atoms with Gasteiger partial charge in [0.05, 0.1) is 17.2 Å². The molecule has 128 valence electrons. The van der Waals surface area contributed by atoms with Gasteiger partial charge in [0, 0.05) is 16.6 Å². The molecule has 3 aromatic rings. The highest BCUT2D eigenvalue weighted by molar-refractivity contribution is 9.10. The SMILES string of the molecule is Cc1nc(CNC(=O)c2cccc(NC(=O)c3ccc(Br)o3)c2)cs1. The fourth-order valence-corrected chi connectivity index (χ4v) is 3.05. The molecule has 2 heterocycles. The lowest BCUT2D eigenvalue weighted by atomic mass is 10.2. The maximum atomic E-state index is 12.3. The van der Waals surface area contributed by atoms with Crippen LogP contribution in [-0.2, 0) is 6.54 Å². The quantitative estimate of drug-likeness (QED) is 0.654. The first kappa shape index (κ1) is 17.4. The van der Waals surface area contributed by atoms with Crippen LogP contribution in [0.1, 0.15) is 31.6 Å². The summed E-state index contributed by atoms with van der Waals surface area (Å²) in [6.07, 6.45) is 0. The van der Waals surface area contributed by atoms with E-state index in [0.29, 0.717) is 22.5 Å². The molecule has 2 amide bonds. The monoisotopic (exact) mass is 419 g/mol. The van der Waals surface area contributed by atoms with Gasteiger partial charge < -0.3 is 15.1 Å². The van der Waals surface area contributed by atoms with E-state index in [0.717, 1.165) is 10.7 Å². The molecule has 6 nitrogen and oxygen atoms in total. The van der Waals surface area contributed by atoms with Crippen molar-refractivity contribution < 1.29 is 14.0 Å². The first-order chi connectivity index (χ1) is 12.0. The van der Waals surface area contributed by atoms with Crippen LogP contribution < -0.4 is 10.6 Å². The van der Waals surface area contributed by atoms with Gasteiger partial charge in [-0.1, -0.05) is 6.07 Å². The lowest BCUT2D eigenvalue weighted by molar-refractivity contribution is 0.0948. The fourth-order valence-electron chi connectivity index (χ4n) is 2.13. The van der Waals surface area contributed by atoms with Crippen LogP contribution in [0.4, 0.5) is 5.69 Å². The van der Waals surface area contributed by atoms with Crippen molar-refractivity contribution in [1.29, 1.82) is 0 Å². The van der Waals surface area contributed by atoms with E-state index in [-0.39, 0.29) is 17.6 Å². The summed E-state index contributed by atoms with van der Waals surface area (Å²) in [5, 5.41) is 8.38. The molecule has 1 aromatic carbocycles. The standard InChI is InChI=1S/C17H14BrN3O3S/c1-10-20-13(9-25-10)8-19-16(22)11-3-2-4-12(7-11)21-17(23)14-5-6-15(18)24-14/h2-7,9H,8H2,1H3,(H,19,22)(H,21,23). The van der Waals surface area contributed by atoms with Crippen molar-refractivity contribution in [2.24, 2.45) is 0 Å². The van der Waals surface area contributed by atoms with Crippen molar-refractivity contribution in [2.75, 3.05) is 5.32 Å².